The second kappa shape index (κ2) is 7.22. The molecule has 0 saturated carbocycles. The number of amides is 1. The maximum Gasteiger partial charge on any atom is 0.416 e. The van der Waals surface area contributed by atoms with Crippen molar-refractivity contribution in [3.05, 3.63) is 59.7 Å². The van der Waals surface area contributed by atoms with Crippen molar-refractivity contribution >= 4 is 15.7 Å². The molecule has 1 aliphatic rings. The molecule has 1 fully saturated rings. The first-order valence-corrected chi connectivity index (χ1v) is 9.91. The first-order valence-electron chi connectivity index (χ1n) is 8.09. The molecular weight excluding hydrogens is 383 g/mol. The van der Waals surface area contributed by atoms with Gasteiger partial charge >= 0.3 is 6.18 Å². The zero-order valence-corrected chi connectivity index (χ0v) is 14.8. The fraction of sp³-hybridized carbons (Fsp3) is 0.278. The number of halogens is 3. The highest BCUT2D eigenvalue weighted by Gasteiger charge is 2.31. The van der Waals surface area contributed by atoms with Gasteiger partial charge < -0.3 is 10.1 Å². The van der Waals surface area contributed by atoms with Crippen molar-refractivity contribution in [2.75, 3.05) is 11.5 Å². The molecule has 0 unspecified atom stereocenters. The number of hydrogen-bond acceptors (Lipinski definition) is 4. The largest absolute Gasteiger partial charge is 0.457 e. The topological polar surface area (TPSA) is 72.5 Å². The van der Waals surface area contributed by atoms with Crippen LogP contribution in [0, 0.1) is 0 Å². The minimum Gasteiger partial charge on any atom is -0.457 e. The predicted octanol–water partition coefficient (Wildman–Crippen LogP) is 3.41. The van der Waals surface area contributed by atoms with Crippen LogP contribution < -0.4 is 10.1 Å². The third-order valence-corrected chi connectivity index (χ3v) is 5.83. The average Bonchev–Trinajstić information content (AvgIpc) is 2.93. The van der Waals surface area contributed by atoms with Gasteiger partial charge in [0, 0.05) is 11.6 Å². The number of carbonyl (C=O) groups is 1. The van der Waals surface area contributed by atoms with Crippen LogP contribution in [0.1, 0.15) is 22.3 Å². The van der Waals surface area contributed by atoms with Crippen LogP contribution in [0.15, 0.2) is 48.5 Å². The smallest absolute Gasteiger partial charge is 0.416 e. The van der Waals surface area contributed by atoms with Gasteiger partial charge in [-0.25, -0.2) is 8.42 Å². The first kappa shape index (κ1) is 19.2. The summed E-state index contributed by atoms with van der Waals surface area (Å²) in [5.41, 5.74) is -0.611. The van der Waals surface area contributed by atoms with Gasteiger partial charge in [0.15, 0.2) is 9.84 Å². The number of benzene rings is 2. The van der Waals surface area contributed by atoms with Crippen LogP contribution >= 0.6 is 0 Å². The molecule has 5 nitrogen and oxygen atoms in total. The molecule has 1 atom stereocenters. The Labute approximate surface area is 154 Å². The quantitative estimate of drug-likeness (QED) is 0.855. The van der Waals surface area contributed by atoms with E-state index in [4.69, 9.17) is 4.74 Å². The zero-order chi connectivity index (χ0) is 19.7. The van der Waals surface area contributed by atoms with Crippen LogP contribution in [0.5, 0.6) is 11.5 Å². The molecule has 0 bridgehead atoms. The summed E-state index contributed by atoms with van der Waals surface area (Å²) in [6.07, 6.45) is -4.13. The van der Waals surface area contributed by atoms with Crippen LogP contribution in [0.2, 0.25) is 0 Å². The van der Waals surface area contributed by atoms with Crippen molar-refractivity contribution in [1.29, 1.82) is 0 Å². The van der Waals surface area contributed by atoms with Crippen molar-refractivity contribution in [2.45, 2.75) is 18.6 Å². The van der Waals surface area contributed by atoms with Crippen molar-refractivity contribution in [3.8, 4) is 11.5 Å². The van der Waals surface area contributed by atoms with E-state index in [1.54, 1.807) is 0 Å². The highest BCUT2D eigenvalue weighted by atomic mass is 32.2. The molecule has 0 radical (unpaired) electrons. The lowest BCUT2D eigenvalue weighted by atomic mass is 10.1. The summed E-state index contributed by atoms with van der Waals surface area (Å²) >= 11 is 0. The normalized spacial score (nSPS) is 18.9. The highest BCUT2D eigenvalue weighted by Crippen LogP contribution is 2.32. The van der Waals surface area contributed by atoms with E-state index in [2.05, 4.69) is 5.32 Å². The Bertz CT molecular complexity index is 957. The Morgan fingerprint density at radius 3 is 2.37 bits per heavy atom. The lowest BCUT2D eigenvalue weighted by Gasteiger charge is -2.12. The Kier molecular flexibility index (Phi) is 5.14. The molecule has 0 aromatic heterocycles. The summed E-state index contributed by atoms with van der Waals surface area (Å²) in [6.45, 7) is 0. The molecule has 3 rings (SSSR count). The Morgan fingerprint density at radius 2 is 1.74 bits per heavy atom. The van der Waals surface area contributed by atoms with Crippen molar-refractivity contribution in [2.24, 2.45) is 0 Å². The number of nitrogens with one attached hydrogen (secondary N) is 1. The summed E-state index contributed by atoms with van der Waals surface area (Å²) < 4.78 is 66.7. The van der Waals surface area contributed by atoms with Gasteiger partial charge in [-0.3, -0.25) is 4.79 Å². The van der Waals surface area contributed by atoms with E-state index in [1.807, 2.05) is 0 Å². The Balaban J connectivity index is 1.71. The van der Waals surface area contributed by atoms with Gasteiger partial charge in [-0.1, -0.05) is 12.1 Å². The van der Waals surface area contributed by atoms with Gasteiger partial charge in [0.05, 0.1) is 17.1 Å². The molecule has 1 N–H and O–H groups in total. The maximum absolute atomic E-state index is 12.8. The van der Waals surface area contributed by atoms with Gasteiger partial charge in [0.2, 0.25) is 0 Å². The predicted molar refractivity (Wildman–Crippen MR) is 92.5 cm³/mol. The Hall–Kier alpha value is -2.55. The van der Waals surface area contributed by atoms with Gasteiger partial charge in [-0.15, -0.1) is 0 Å². The molecule has 1 aliphatic heterocycles. The second-order valence-corrected chi connectivity index (χ2v) is 8.46. The fourth-order valence-electron chi connectivity index (χ4n) is 2.75. The zero-order valence-electron chi connectivity index (χ0n) is 14.0. The molecule has 0 spiro atoms. The summed E-state index contributed by atoms with van der Waals surface area (Å²) in [4.78, 5) is 12.3. The van der Waals surface area contributed by atoms with Gasteiger partial charge in [0.1, 0.15) is 11.5 Å². The number of sulfone groups is 1. The lowest BCUT2D eigenvalue weighted by Crippen LogP contribution is -2.35. The second-order valence-electron chi connectivity index (χ2n) is 6.23. The number of carbonyl (C=O) groups excluding carboxylic acids is 1. The van der Waals surface area contributed by atoms with E-state index in [0.29, 0.717) is 6.42 Å². The molecule has 144 valence electrons. The van der Waals surface area contributed by atoms with E-state index < -0.39 is 33.5 Å². The molecule has 27 heavy (non-hydrogen) atoms. The van der Waals surface area contributed by atoms with Crippen molar-refractivity contribution in [3.63, 3.8) is 0 Å². The molecule has 9 heteroatoms. The third kappa shape index (κ3) is 5.00. The van der Waals surface area contributed by atoms with Gasteiger partial charge in [-0.2, -0.15) is 13.2 Å². The Morgan fingerprint density at radius 1 is 1.07 bits per heavy atom. The number of alkyl halides is 3. The lowest BCUT2D eigenvalue weighted by molar-refractivity contribution is -0.137. The van der Waals surface area contributed by atoms with Crippen LogP contribution in [-0.4, -0.2) is 31.9 Å². The molecule has 1 heterocycles. The average molecular weight is 399 g/mol. The SMILES string of the molecule is O=C(N[C@H]1CCS(=O)(=O)C1)c1cccc(Oc2cccc(C(F)(F)F)c2)c1. The van der Waals surface area contributed by atoms with Crippen LogP contribution in [0.4, 0.5) is 13.2 Å². The van der Waals surface area contributed by atoms with Crippen LogP contribution in [0.25, 0.3) is 0 Å². The van der Waals surface area contributed by atoms with Crippen LogP contribution in [-0.2, 0) is 16.0 Å². The van der Waals surface area contributed by atoms with Crippen molar-refractivity contribution < 1.29 is 31.1 Å². The van der Waals surface area contributed by atoms with E-state index in [-0.39, 0.29) is 28.6 Å². The minimum atomic E-state index is -4.48. The first-order chi connectivity index (χ1) is 12.6. The number of ether oxygens (including phenoxy) is 1. The van der Waals surface area contributed by atoms with E-state index in [9.17, 15) is 26.4 Å². The molecule has 2 aromatic rings. The highest BCUT2D eigenvalue weighted by molar-refractivity contribution is 7.91. The van der Waals surface area contributed by atoms with Gasteiger partial charge in [-0.05, 0) is 42.8 Å². The summed E-state index contributed by atoms with van der Waals surface area (Å²) in [5.74, 6) is -0.340. The van der Waals surface area contributed by atoms with Crippen molar-refractivity contribution in [1.82, 2.24) is 5.32 Å². The van der Waals surface area contributed by atoms with E-state index in [1.165, 1.54) is 36.4 Å². The molecule has 2 aromatic carbocycles. The maximum atomic E-state index is 12.8. The molecule has 1 saturated heterocycles. The summed E-state index contributed by atoms with van der Waals surface area (Å²) in [6, 6.07) is 9.91. The van der Waals surface area contributed by atoms with Crippen LogP contribution in [0.3, 0.4) is 0 Å². The number of hydrogen-bond donors (Lipinski definition) is 1. The van der Waals surface area contributed by atoms with Gasteiger partial charge in [0.25, 0.3) is 5.91 Å². The monoisotopic (exact) mass is 399 g/mol. The fourth-order valence-corrected chi connectivity index (χ4v) is 4.42. The van der Waals surface area contributed by atoms with E-state index >= 15 is 0 Å². The van der Waals surface area contributed by atoms with E-state index in [0.717, 1.165) is 12.1 Å². The minimum absolute atomic E-state index is 0.00994. The molecule has 1 amide bonds. The third-order valence-electron chi connectivity index (χ3n) is 4.06. The molecular formula is C18H16F3NO4S. The number of rotatable bonds is 4. The summed E-state index contributed by atoms with van der Waals surface area (Å²) in [5, 5.41) is 2.65. The summed E-state index contributed by atoms with van der Waals surface area (Å²) in [7, 11) is -3.12. The molecule has 0 aliphatic carbocycles. The standard InChI is InChI=1S/C18H16F3NO4S/c19-18(20,21)13-4-2-6-16(10-13)26-15-5-1-3-12(9-15)17(23)22-14-7-8-27(24,25)11-14/h1-6,9-10,14H,7-8,11H2,(H,22,23)/t14-/m0/s1.